The number of benzene rings is 1. The molecule has 0 bridgehead atoms. The van der Waals surface area contributed by atoms with E-state index in [2.05, 4.69) is 11.9 Å². The van der Waals surface area contributed by atoms with Crippen molar-refractivity contribution in [3.63, 3.8) is 0 Å². The van der Waals surface area contributed by atoms with Gasteiger partial charge in [0, 0.05) is 17.8 Å². The van der Waals surface area contributed by atoms with Crippen molar-refractivity contribution in [2.45, 2.75) is 19.8 Å². The molecule has 0 amide bonds. The van der Waals surface area contributed by atoms with E-state index in [9.17, 15) is 5.11 Å². The number of rotatable bonds is 5. The summed E-state index contributed by atoms with van der Waals surface area (Å²) in [6, 6.07) is 3.54. The molecule has 4 nitrogen and oxygen atoms in total. The van der Waals surface area contributed by atoms with Crippen LogP contribution in [0.4, 0.5) is 0 Å². The zero-order valence-electron chi connectivity index (χ0n) is 12.1. The van der Waals surface area contributed by atoms with Crippen LogP contribution >= 0.6 is 11.6 Å². The normalized spacial score (nSPS) is 18.8. The molecule has 1 aromatic rings. The zero-order valence-corrected chi connectivity index (χ0v) is 12.8. The standard InChI is InChI=1S/C16H20ClNO3/c1-11-5-4-8-18-15(11)12-6-7-13(14(17)16(12)20)21-10-3-2-9-19/h2-3,6-7,11,19-20H,4-5,8-10H2,1H3/b3-2-. The number of ether oxygens (including phenoxy) is 1. The Bertz CT molecular complexity index is 555. The molecular weight excluding hydrogens is 290 g/mol. The summed E-state index contributed by atoms with van der Waals surface area (Å²) in [5.41, 5.74) is 1.60. The molecule has 114 valence electrons. The summed E-state index contributed by atoms with van der Waals surface area (Å²) in [6.45, 7) is 3.16. The molecule has 0 saturated heterocycles. The zero-order chi connectivity index (χ0) is 15.2. The Kier molecular flexibility index (Phi) is 5.65. The molecule has 2 rings (SSSR count). The quantitative estimate of drug-likeness (QED) is 0.821. The van der Waals surface area contributed by atoms with Crippen molar-refractivity contribution >= 4 is 17.3 Å². The number of hydrogen-bond acceptors (Lipinski definition) is 4. The lowest BCUT2D eigenvalue weighted by atomic mass is 9.91. The molecule has 1 aromatic carbocycles. The molecule has 1 aliphatic heterocycles. The first-order chi connectivity index (χ1) is 10.1. The fraction of sp³-hybridized carbons (Fsp3) is 0.438. The van der Waals surface area contributed by atoms with E-state index in [1.807, 2.05) is 0 Å². The summed E-state index contributed by atoms with van der Waals surface area (Å²) < 4.78 is 5.46. The van der Waals surface area contributed by atoms with Crippen LogP contribution in [0.1, 0.15) is 25.3 Å². The summed E-state index contributed by atoms with van der Waals surface area (Å²) in [6.07, 6.45) is 5.42. The summed E-state index contributed by atoms with van der Waals surface area (Å²) in [4.78, 5) is 4.52. The third-order valence-electron chi connectivity index (χ3n) is 3.51. The predicted octanol–water partition coefficient (Wildman–Crippen LogP) is 3.19. The van der Waals surface area contributed by atoms with Gasteiger partial charge in [0.2, 0.25) is 0 Å². The number of phenolic OH excluding ortho intramolecular Hbond substituents is 1. The second kappa shape index (κ2) is 7.48. The van der Waals surface area contributed by atoms with Gasteiger partial charge < -0.3 is 14.9 Å². The van der Waals surface area contributed by atoms with Crippen molar-refractivity contribution in [2.24, 2.45) is 10.9 Å². The van der Waals surface area contributed by atoms with E-state index in [1.165, 1.54) is 0 Å². The molecule has 2 N–H and O–H groups in total. The highest BCUT2D eigenvalue weighted by Crippen LogP contribution is 2.38. The Morgan fingerprint density at radius 3 is 2.95 bits per heavy atom. The van der Waals surface area contributed by atoms with E-state index >= 15 is 0 Å². The van der Waals surface area contributed by atoms with Crippen molar-refractivity contribution in [1.82, 2.24) is 0 Å². The van der Waals surface area contributed by atoms with Crippen molar-refractivity contribution in [2.75, 3.05) is 19.8 Å². The van der Waals surface area contributed by atoms with Crippen LogP contribution in [-0.4, -0.2) is 35.7 Å². The molecule has 0 aromatic heterocycles. The topological polar surface area (TPSA) is 62.0 Å². The minimum Gasteiger partial charge on any atom is -0.506 e. The predicted molar refractivity (Wildman–Crippen MR) is 84.6 cm³/mol. The van der Waals surface area contributed by atoms with Gasteiger partial charge in [-0.3, -0.25) is 4.99 Å². The van der Waals surface area contributed by atoms with Crippen LogP contribution in [0.25, 0.3) is 0 Å². The number of aliphatic hydroxyl groups excluding tert-OH is 1. The fourth-order valence-electron chi connectivity index (χ4n) is 2.38. The van der Waals surface area contributed by atoms with Crippen LogP contribution in [0.2, 0.25) is 5.02 Å². The van der Waals surface area contributed by atoms with E-state index in [4.69, 9.17) is 21.4 Å². The molecule has 1 heterocycles. The average Bonchev–Trinajstić information content (AvgIpc) is 2.49. The van der Waals surface area contributed by atoms with E-state index in [0.29, 0.717) is 17.2 Å². The van der Waals surface area contributed by atoms with E-state index < -0.39 is 0 Å². The molecule has 1 unspecified atom stereocenters. The maximum absolute atomic E-state index is 10.3. The second-order valence-electron chi connectivity index (χ2n) is 5.05. The molecule has 1 atom stereocenters. The molecular formula is C16H20ClNO3. The van der Waals surface area contributed by atoms with Crippen molar-refractivity contribution in [3.8, 4) is 11.5 Å². The van der Waals surface area contributed by atoms with Gasteiger partial charge >= 0.3 is 0 Å². The molecule has 1 aliphatic rings. The summed E-state index contributed by atoms with van der Waals surface area (Å²) in [5.74, 6) is 0.761. The van der Waals surface area contributed by atoms with Gasteiger partial charge in [-0.1, -0.05) is 24.6 Å². The van der Waals surface area contributed by atoms with Gasteiger partial charge in [0.15, 0.2) is 0 Å². The van der Waals surface area contributed by atoms with Crippen LogP contribution in [0.15, 0.2) is 29.3 Å². The highest BCUT2D eigenvalue weighted by atomic mass is 35.5. The fourth-order valence-corrected chi connectivity index (χ4v) is 2.60. The maximum atomic E-state index is 10.3. The number of aliphatic hydroxyl groups is 1. The molecule has 0 saturated carbocycles. The minimum absolute atomic E-state index is 0.0211. The van der Waals surface area contributed by atoms with Crippen LogP contribution < -0.4 is 4.74 Å². The minimum atomic E-state index is -0.0288. The Morgan fingerprint density at radius 1 is 1.43 bits per heavy atom. The smallest absolute Gasteiger partial charge is 0.147 e. The molecule has 5 heteroatoms. The van der Waals surface area contributed by atoms with E-state index in [0.717, 1.165) is 25.1 Å². The maximum Gasteiger partial charge on any atom is 0.147 e. The Balaban J connectivity index is 2.21. The Hall–Kier alpha value is -1.52. The van der Waals surface area contributed by atoms with Gasteiger partial charge in [-0.15, -0.1) is 0 Å². The van der Waals surface area contributed by atoms with Gasteiger partial charge in [-0.2, -0.15) is 0 Å². The van der Waals surface area contributed by atoms with E-state index in [1.54, 1.807) is 24.3 Å². The van der Waals surface area contributed by atoms with Crippen molar-refractivity contribution < 1.29 is 14.9 Å². The third-order valence-corrected chi connectivity index (χ3v) is 3.87. The lowest BCUT2D eigenvalue weighted by Gasteiger charge is -2.21. The Labute approximate surface area is 129 Å². The first-order valence-corrected chi connectivity index (χ1v) is 7.47. The largest absolute Gasteiger partial charge is 0.506 e. The van der Waals surface area contributed by atoms with Crippen LogP contribution in [-0.2, 0) is 0 Å². The van der Waals surface area contributed by atoms with Crippen LogP contribution in [0.3, 0.4) is 0 Å². The number of nitrogens with zero attached hydrogens (tertiary/aromatic N) is 1. The van der Waals surface area contributed by atoms with Crippen molar-refractivity contribution in [1.29, 1.82) is 0 Å². The van der Waals surface area contributed by atoms with Gasteiger partial charge in [0.1, 0.15) is 23.1 Å². The number of halogens is 1. The van der Waals surface area contributed by atoms with Crippen molar-refractivity contribution in [3.05, 3.63) is 34.9 Å². The number of aromatic hydroxyl groups is 1. The monoisotopic (exact) mass is 309 g/mol. The lowest BCUT2D eigenvalue weighted by molar-refractivity contribution is 0.336. The molecule has 0 fully saturated rings. The van der Waals surface area contributed by atoms with Crippen LogP contribution in [0, 0.1) is 5.92 Å². The van der Waals surface area contributed by atoms with Gasteiger partial charge in [-0.25, -0.2) is 0 Å². The Morgan fingerprint density at radius 2 is 2.24 bits per heavy atom. The SMILES string of the molecule is CC1CCCN=C1c1ccc(OC/C=C\CO)c(Cl)c1O. The number of phenols is 1. The highest BCUT2D eigenvalue weighted by molar-refractivity contribution is 6.34. The third kappa shape index (κ3) is 3.77. The molecule has 21 heavy (non-hydrogen) atoms. The average molecular weight is 310 g/mol. The number of hydrogen-bond donors (Lipinski definition) is 2. The van der Waals surface area contributed by atoms with E-state index in [-0.39, 0.29) is 24.0 Å². The van der Waals surface area contributed by atoms with Gasteiger partial charge in [0.25, 0.3) is 0 Å². The van der Waals surface area contributed by atoms with Crippen LogP contribution in [0.5, 0.6) is 11.5 Å². The molecule has 0 aliphatic carbocycles. The summed E-state index contributed by atoms with van der Waals surface area (Å²) >= 11 is 6.17. The first-order valence-electron chi connectivity index (χ1n) is 7.10. The van der Waals surface area contributed by atoms with Gasteiger partial charge in [0.05, 0.1) is 6.61 Å². The number of aliphatic imine (C=N–C) groups is 1. The summed E-state index contributed by atoms with van der Waals surface area (Å²) in [7, 11) is 0. The molecule has 0 spiro atoms. The molecule has 0 radical (unpaired) electrons. The van der Waals surface area contributed by atoms with Gasteiger partial charge in [-0.05, 0) is 37.0 Å². The second-order valence-corrected chi connectivity index (χ2v) is 5.43. The first kappa shape index (κ1) is 15.9. The summed E-state index contributed by atoms with van der Waals surface area (Å²) in [5, 5.41) is 19.1. The lowest BCUT2D eigenvalue weighted by Crippen LogP contribution is -2.18. The highest BCUT2D eigenvalue weighted by Gasteiger charge is 2.21.